The third-order valence-corrected chi connectivity index (χ3v) is 5.75. The molecule has 2 aromatic carbocycles. The van der Waals surface area contributed by atoms with Crippen molar-refractivity contribution in [2.45, 2.75) is 26.1 Å². The van der Waals surface area contributed by atoms with Gasteiger partial charge in [0, 0.05) is 44.8 Å². The van der Waals surface area contributed by atoms with Gasteiger partial charge in [0.25, 0.3) is 11.5 Å². The smallest absolute Gasteiger partial charge is 0.262 e. The number of H-pyrrole nitrogens is 1. The summed E-state index contributed by atoms with van der Waals surface area (Å²) in [6.07, 6.45) is 4.32. The highest BCUT2D eigenvalue weighted by Crippen LogP contribution is 2.13. The van der Waals surface area contributed by atoms with Crippen LogP contribution in [0.25, 0.3) is 10.9 Å². The number of carbonyl (C=O) groups is 1. The molecule has 0 unspecified atom stereocenters. The first-order valence-electron chi connectivity index (χ1n) is 10.6. The largest absolute Gasteiger partial charge is 0.385 e. The van der Waals surface area contributed by atoms with Crippen molar-refractivity contribution in [1.29, 1.82) is 0 Å². The summed E-state index contributed by atoms with van der Waals surface area (Å²) >= 11 is 5.36. The lowest BCUT2D eigenvalue weighted by atomic mass is 10.1. The maximum Gasteiger partial charge on any atom is 0.262 e. The van der Waals surface area contributed by atoms with E-state index in [1.807, 2.05) is 41.2 Å². The van der Waals surface area contributed by atoms with E-state index >= 15 is 0 Å². The average molecular weight is 464 g/mol. The van der Waals surface area contributed by atoms with Crippen LogP contribution in [0.15, 0.2) is 65.7 Å². The quantitative estimate of drug-likeness (QED) is 0.294. The first-order chi connectivity index (χ1) is 16.1. The van der Waals surface area contributed by atoms with Gasteiger partial charge in [-0.2, -0.15) is 5.10 Å². The van der Waals surface area contributed by atoms with Gasteiger partial charge in [0.05, 0.1) is 17.4 Å². The summed E-state index contributed by atoms with van der Waals surface area (Å²) in [5.74, 6) is -0.227. The second-order valence-electron chi connectivity index (χ2n) is 7.65. The van der Waals surface area contributed by atoms with E-state index < -0.39 is 0 Å². The van der Waals surface area contributed by atoms with Crippen molar-refractivity contribution in [1.82, 2.24) is 24.6 Å². The van der Waals surface area contributed by atoms with E-state index in [-0.39, 0.29) is 11.5 Å². The van der Waals surface area contributed by atoms with Crippen molar-refractivity contribution >= 4 is 29.0 Å². The molecule has 4 rings (SSSR count). The summed E-state index contributed by atoms with van der Waals surface area (Å²) in [4.78, 5) is 28.7. The van der Waals surface area contributed by atoms with Crippen LogP contribution in [-0.2, 0) is 24.4 Å². The van der Waals surface area contributed by atoms with Crippen LogP contribution in [0.4, 0.5) is 0 Å². The van der Waals surface area contributed by atoms with Gasteiger partial charge in [0.2, 0.25) is 0 Å². The lowest BCUT2D eigenvalue weighted by Crippen LogP contribution is -2.25. The van der Waals surface area contributed by atoms with Gasteiger partial charge in [-0.25, -0.2) is 0 Å². The zero-order valence-electron chi connectivity index (χ0n) is 18.3. The Bertz CT molecular complexity index is 1380. The minimum Gasteiger partial charge on any atom is -0.385 e. The third-order valence-electron chi connectivity index (χ3n) is 5.42. The highest BCUT2D eigenvalue weighted by molar-refractivity contribution is 7.71. The molecule has 0 aliphatic carbocycles. The summed E-state index contributed by atoms with van der Waals surface area (Å²) in [6.45, 7) is 2.02. The maximum absolute atomic E-state index is 12.8. The van der Waals surface area contributed by atoms with E-state index in [1.165, 1.54) is 4.57 Å². The number of rotatable bonds is 9. The molecule has 4 aromatic rings. The van der Waals surface area contributed by atoms with Crippen molar-refractivity contribution < 1.29 is 9.53 Å². The molecule has 2 N–H and O–H groups in total. The number of carbonyl (C=O) groups excluding carboxylic acids is 1. The number of aromatic nitrogens is 4. The number of fused-ring (bicyclic) bond motifs is 1. The number of nitrogens with zero attached hydrogens (tertiary/aromatic N) is 3. The predicted octanol–water partition coefficient (Wildman–Crippen LogP) is 3.27. The van der Waals surface area contributed by atoms with Crippen LogP contribution in [-0.4, -0.2) is 39.0 Å². The van der Waals surface area contributed by atoms with E-state index in [9.17, 15) is 9.59 Å². The van der Waals surface area contributed by atoms with E-state index in [4.69, 9.17) is 17.0 Å². The molecule has 0 aliphatic rings. The Labute approximate surface area is 195 Å². The molecule has 0 fully saturated rings. The van der Waals surface area contributed by atoms with Crippen LogP contribution in [0.3, 0.4) is 0 Å². The number of aromatic amines is 1. The van der Waals surface area contributed by atoms with Crippen LogP contribution < -0.4 is 10.9 Å². The average Bonchev–Trinajstić information content (AvgIpc) is 3.33. The first-order valence-corrected chi connectivity index (χ1v) is 11.1. The molecule has 0 saturated heterocycles. The molecule has 0 atom stereocenters. The van der Waals surface area contributed by atoms with Crippen molar-refractivity contribution in [3.63, 3.8) is 0 Å². The van der Waals surface area contributed by atoms with Gasteiger partial charge in [-0.05, 0) is 54.0 Å². The van der Waals surface area contributed by atoms with Gasteiger partial charge in [0.15, 0.2) is 4.77 Å². The fourth-order valence-electron chi connectivity index (χ4n) is 3.70. The number of methoxy groups -OCH3 is 1. The molecule has 0 radical (unpaired) electrons. The zero-order valence-corrected chi connectivity index (χ0v) is 19.1. The second-order valence-corrected chi connectivity index (χ2v) is 8.04. The lowest BCUT2D eigenvalue weighted by Gasteiger charge is -2.12. The number of ether oxygens (including phenoxy) is 1. The summed E-state index contributed by atoms with van der Waals surface area (Å²) in [5, 5.41) is 7.71. The minimum absolute atomic E-state index is 0.177. The second kappa shape index (κ2) is 10.4. The number of benzene rings is 2. The molecule has 0 aliphatic heterocycles. The van der Waals surface area contributed by atoms with Gasteiger partial charge in [0.1, 0.15) is 0 Å². The van der Waals surface area contributed by atoms with Crippen LogP contribution in [0.2, 0.25) is 0 Å². The minimum atomic E-state index is -0.227. The number of nitrogens with one attached hydrogen (secondary N) is 2. The van der Waals surface area contributed by atoms with Gasteiger partial charge in [-0.15, -0.1) is 0 Å². The van der Waals surface area contributed by atoms with Crippen LogP contribution in [0, 0.1) is 4.77 Å². The molecule has 33 heavy (non-hydrogen) atoms. The Balaban J connectivity index is 1.51. The van der Waals surface area contributed by atoms with Crippen molar-refractivity contribution in [2.24, 2.45) is 0 Å². The predicted molar refractivity (Wildman–Crippen MR) is 129 cm³/mol. The van der Waals surface area contributed by atoms with E-state index in [0.29, 0.717) is 53.9 Å². The maximum atomic E-state index is 12.8. The fourth-order valence-corrected chi connectivity index (χ4v) is 3.98. The Kier molecular flexibility index (Phi) is 7.11. The molecule has 8 nitrogen and oxygen atoms in total. The van der Waals surface area contributed by atoms with Crippen molar-refractivity contribution in [3.8, 4) is 0 Å². The van der Waals surface area contributed by atoms with Crippen LogP contribution >= 0.6 is 12.2 Å². The normalized spacial score (nSPS) is 11.1. The fraction of sp³-hybridized carbons (Fsp3) is 0.250. The van der Waals surface area contributed by atoms with E-state index in [1.54, 1.807) is 31.5 Å². The molecule has 0 bridgehead atoms. The third kappa shape index (κ3) is 5.27. The molecule has 9 heteroatoms. The topological polar surface area (TPSA) is 93.9 Å². The Morgan fingerprint density at radius 2 is 2.00 bits per heavy atom. The number of hydrogen-bond donors (Lipinski definition) is 2. The monoisotopic (exact) mass is 463 g/mol. The molecule has 2 aromatic heterocycles. The van der Waals surface area contributed by atoms with Crippen molar-refractivity contribution in [3.05, 3.63) is 92.7 Å². The highest BCUT2D eigenvalue weighted by Gasteiger charge is 2.11. The summed E-state index contributed by atoms with van der Waals surface area (Å²) in [7, 11) is 1.62. The molecule has 170 valence electrons. The Morgan fingerprint density at radius 3 is 2.76 bits per heavy atom. The van der Waals surface area contributed by atoms with Crippen molar-refractivity contribution in [2.75, 3.05) is 13.7 Å². The van der Waals surface area contributed by atoms with Gasteiger partial charge < -0.3 is 15.0 Å². The summed E-state index contributed by atoms with van der Waals surface area (Å²) < 4.78 is 8.74. The van der Waals surface area contributed by atoms with E-state index in [0.717, 1.165) is 11.1 Å². The number of hydrogen-bond acceptors (Lipinski definition) is 5. The standard InChI is InChI=1S/C24H25N5O3S/c1-32-13-5-12-29-23(31)20-9-8-17(14-21(20)27-24(29)33)22(30)25-15-18-6-2-3-7-19(18)16-28-11-4-10-26-28/h2-4,6-11,14H,5,12-13,15-16H2,1H3,(H,25,30)(H,27,33). The Morgan fingerprint density at radius 1 is 1.18 bits per heavy atom. The molecular weight excluding hydrogens is 438 g/mol. The molecule has 2 heterocycles. The van der Waals surface area contributed by atoms with Gasteiger partial charge in [-0.3, -0.25) is 18.8 Å². The highest BCUT2D eigenvalue weighted by atomic mass is 32.1. The first kappa shape index (κ1) is 22.6. The number of amides is 1. The van der Waals surface area contributed by atoms with Gasteiger partial charge >= 0.3 is 0 Å². The molecule has 0 saturated carbocycles. The van der Waals surface area contributed by atoms with Crippen LogP contribution in [0.5, 0.6) is 0 Å². The SMILES string of the molecule is COCCCn1c(=S)[nH]c2cc(C(=O)NCc3ccccc3Cn3cccn3)ccc2c1=O. The Hall–Kier alpha value is -3.56. The van der Waals surface area contributed by atoms with E-state index in [2.05, 4.69) is 15.4 Å². The summed E-state index contributed by atoms with van der Waals surface area (Å²) in [6, 6.07) is 14.8. The van der Waals surface area contributed by atoms with Crippen LogP contribution in [0.1, 0.15) is 27.9 Å². The summed E-state index contributed by atoms with van der Waals surface area (Å²) in [5.41, 5.74) is 2.91. The van der Waals surface area contributed by atoms with Gasteiger partial charge in [-0.1, -0.05) is 24.3 Å². The molecule has 0 spiro atoms. The lowest BCUT2D eigenvalue weighted by molar-refractivity contribution is 0.0951. The molecular formula is C24H25N5O3S. The zero-order chi connectivity index (χ0) is 23.2. The molecule has 1 amide bonds.